The smallest absolute Gasteiger partial charge is 0.348 e. The standard InChI is InChI=1S/C20H34N4O2/c1-12-16-17(21-13(2)22(12)8)24(14(3)23(16)9)18-20(6,7)19(4,5)15(26-18)11-25-10/h15,18H,11H2,1-10H3/q+2. The minimum atomic E-state index is -0.0969. The molecule has 0 aliphatic carbocycles. The fraction of sp³-hybridized carbons (Fsp3) is 0.750. The Morgan fingerprint density at radius 1 is 1.15 bits per heavy atom. The molecule has 2 aromatic rings. The number of imidazole rings is 1. The van der Waals surface area contributed by atoms with Crippen LogP contribution in [0.4, 0.5) is 0 Å². The van der Waals surface area contributed by atoms with Crippen molar-refractivity contribution in [2.24, 2.45) is 24.9 Å². The maximum atomic E-state index is 6.61. The van der Waals surface area contributed by atoms with Crippen LogP contribution in [0.1, 0.15) is 51.3 Å². The average Bonchev–Trinajstić information content (AvgIpc) is 2.89. The number of aromatic nitrogens is 4. The molecule has 3 heterocycles. The van der Waals surface area contributed by atoms with Crippen LogP contribution in [0, 0.1) is 31.6 Å². The van der Waals surface area contributed by atoms with Crippen LogP contribution in [0.3, 0.4) is 0 Å². The predicted molar refractivity (Wildman–Crippen MR) is 99.6 cm³/mol. The molecule has 2 aromatic heterocycles. The number of methoxy groups -OCH3 is 1. The molecule has 1 aliphatic rings. The van der Waals surface area contributed by atoms with Crippen LogP contribution < -0.4 is 9.13 Å². The van der Waals surface area contributed by atoms with Gasteiger partial charge in [0.25, 0.3) is 5.82 Å². The zero-order valence-electron chi connectivity index (χ0n) is 18.0. The molecule has 144 valence electrons. The first kappa shape index (κ1) is 19.2. The van der Waals surface area contributed by atoms with E-state index in [0.29, 0.717) is 6.61 Å². The quantitative estimate of drug-likeness (QED) is 0.787. The molecular formula is C20H34N4O2+2. The number of ether oxygens (including phenoxy) is 2. The van der Waals surface area contributed by atoms with E-state index in [2.05, 4.69) is 76.3 Å². The maximum absolute atomic E-state index is 6.61. The molecule has 6 heteroatoms. The highest BCUT2D eigenvalue weighted by Gasteiger charge is 2.59. The fourth-order valence-electron chi connectivity index (χ4n) is 4.17. The minimum Gasteiger partial charge on any atom is -0.382 e. The van der Waals surface area contributed by atoms with E-state index in [-0.39, 0.29) is 23.2 Å². The highest BCUT2D eigenvalue weighted by atomic mass is 16.6. The van der Waals surface area contributed by atoms with Crippen LogP contribution in [-0.2, 0) is 23.6 Å². The van der Waals surface area contributed by atoms with Gasteiger partial charge in [0.05, 0.1) is 26.8 Å². The number of rotatable bonds is 3. The Labute approximate surface area is 156 Å². The highest BCUT2D eigenvalue weighted by molar-refractivity contribution is 5.69. The Hall–Kier alpha value is -1.53. The van der Waals surface area contributed by atoms with Crippen molar-refractivity contribution >= 4 is 11.2 Å². The van der Waals surface area contributed by atoms with Gasteiger partial charge in [0, 0.05) is 38.7 Å². The largest absolute Gasteiger partial charge is 0.382 e. The lowest BCUT2D eigenvalue weighted by Crippen LogP contribution is -2.50. The summed E-state index contributed by atoms with van der Waals surface area (Å²) in [6.45, 7) is 16.1. The van der Waals surface area contributed by atoms with E-state index in [4.69, 9.17) is 14.5 Å². The Morgan fingerprint density at radius 2 is 1.77 bits per heavy atom. The van der Waals surface area contributed by atoms with E-state index in [1.54, 1.807) is 7.11 Å². The summed E-state index contributed by atoms with van der Waals surface area (Å²) in [7, 11) is 5.92. The zero-order chi connectivity index (χ0) is 19.6. The van der Waals surface area contributed by atoms with E-state index in [0.717, 1.165) is 22.8 Å². The summed E-state index contributed by atoms with van der Waals surface area (Å²) in [6.07, 6.45) is -0.0583. The molecule has 2 unspecified atom stereocenters. The summed E-state index contributed by atoms with van der Waals surface area (Å²) in [5, 5.41) is 0. The number of nitrogens with zero attached hydrogens (tertiary/aromatic N) is 4. The maximum Gasteiger partial charge on any atom is 0.348 e. The first-order chi connectivity index (χ1) is 12.0. The van der Waals surface area contributed by atoms with E-state index in [1.165, 1.54) is 5.69 Å². The van der Waals surface area contributed by atoms with Gasteiger partial charge in [-0.2, -0.15) is 4.57 Å². The van der Waals surface area contributed by atoms with Gasteiger partial charge in [0.15, 0.2) is 6.23 Å². The molecule has 1 aliphatic heterocycles. The van der Waals surface area contributed by atoms with Gasteiger partial charge in [0.1, 0.15) is 5.69 Å². The molecule has 0 N–H and O–H groups in total. The molecule has 0 amide bonds. The van der Waals surface area contributed by atoms with Crippen molar-refractivity contribution in [3.05, 3.63) is 17.3 Å². The Morgan fingerprint density at radius 3 is 2.35 bits per heavy atom. The van der Waals surface area contributed by atoms with Crippen molar-refractivity contribution in [2.45, 2.75) is 60.8 Å². The molecule has 1 saturated heterocycles. The monoisotopic (exact) mass is 362 g/mol. The topological polar surface area (TPSA) is 44.0 Å². The number of hydrogen-bond acceptors (Lipinski definition) is 3. The summed E-state index contributed by atoms with van der Waals surface area (Å²) >= 11 is 0. The van der Waals surface area contributed by atoms with Crippen molar-refractivity contribution in [3.8, 4) is 0 Å². The second-order valence-electron chi connectivity index (χ2n) is 8.83. The second-order valence-corrected chi connectivity index (χ2v) is 8.83. The molecular weight excluding hydrogens is 328 g/mol. The molecule has 6 nitrogen and oxygen atoms in total. The van der Waals surface area contributed by atoms with Crippen molar-refractivity contribution < 1.29 is 18.6 Å². The van der Waals surface area contributed by atoms with Gasteiger partial charge in [-0.25, -0.2) is 4.57 Å². The molecule has 0 bridgehead atoms. The lowest BCUT2D eigenvalue weighted by molar-refractivity contribution is -0.758. The zero-order valence-corrected chi connectivity index (χ0v) is 18.0. The third kappa shape index (κ3) is 2.34. The summed E-state index contributed by atoms with van der Waals surface area (Å²) in [4.78, 5) is 4.94. The second kappa shape index (κ2) is 5.99. The fourth-order valence-corrected chi connectivity index (χ4v) is 4.17. The molecule has 3 rings (SSSR count). The van der Waals surface area contributed by atoms with Gasteiger partial charge in [-0.1, -0.05) is 27.7 Å². The molecule has 26 heavy (non-hydrogen) atoms. The first-order valence-corrected chi connectivity index (χ1v) is 9.35. The van der Waals surface area contributed by atoms with Crippen LogP contribution in [-0.4, -0.2) is 29.4 Å². The third-order valence-electron chi connectivity index (χ3n) is 7.14. The van der Waals surface area contributed by atoms with Crippen LogP contribution in [0.5, 0.6) is 0 Å². The van der Waals surface area contributed by atoms with Crippen LogP contribution in [0.15, 0.2) is 0 Å². The van der Waals surface area contributed by atoms with E-state index in [9.17, 15) is 0 Å². The van der Waals surface area contributed by atoms with Crippen LogP contribution in [0.2, 0.25) is 0 Å². The molecule has 0 radical (unpaired) electrons. The SMILES string of the molecule is COCC1OC([n+]2c(C)n(C)c3c(C)[n+](C)c(C)nc32)C(C)(C)C1(C)C. The third-order valence-corrected chi connectivity index (χ3v) is 7.14. The Kier molecular flexibility index (Phi) is 4.43. The van der Waals surface area contributed by atoms with Crippen molar-refractivity contribution in [3.63, 3.8) is 0 Å². The molecule has 0 aromatic carbocycles. The Balaban J connectivity index is 2.28. The number of aryl methyl sites for hydroxylation is 3. The predicted octanol–water partition coefficient (Wildman–Crippen LogP) is 2.21. The summed E-state index contributed by atoms with van der Waals surface area (Å²) in [6, 6.07) is 0. The van der Waals surface area contributed by atoms with Crippen LogP contribution in [0.25, 0.3) is 11.2 Å². The van der Waals surface area contributed by atoms with Gasteiger partial charge in [-0.3, -0.25) is 4.57 Å². The summed E-state index contributed by atoms with van der Waals surface area (Å²) in [5.74, 6) is 2.14. The summed E-state index contributed by atoms with van der Waals surface area (Å²) in [5.41, 5.74) is 3.24. The van der Waals surface area contributed by atoms with Gasteiger partial charge < -0.3 is 9.47 Å². The normalized spacial score (nSPS) is 24.5. The molecule has 0 saturated carbocycles. The average molecular weight is 363 g/mol. The van der Waals surface area contributed by atoms with Crippen LogP contribution >= 0.6 is 0 Å². The summed E-state index contributed by atoms with van der Waals surface area (Å²) < 4.78 is 18.7. The first-order valence-electron chi connectivity index (χ1n) is 9.35. The van der Waals surface area contributed by atoms with Crippen molar-refractivity contribution in [1.82, 2.24) is 9.55 Å². The van der Waals surface area contributed by atoms with Crippen molar-refractivity contribution in [1.29, 1.82) is 0 Å². The highest BCUT2D eigenvalue weighted by Crippen LogP contribution is 2.55. The van der Waals surface area contributed by atoms with Gasteiger partial charge in [-0.15, -0.1) is 0 Å². The molecule has 2 atom stereocenters. The van der Waals surface area contributed by atoms with Gasteiger partial charge in [0.2, 0.25) is 11.3 Å². The minimum absolute atomic E-state index is 0.0290. The van der Waals surface area contributed by atoms with Gasteiger partial charge >= 0.3 is 5.65 Å². The number of fused-ring (bicyclic) bond motifs is 1. The van der Waals surface area contributed by atoms with Crippen molar-refractivity contribution in [2.75, 3.05) is 13.7 Å². The van der Waals surface area contributed by atoms with Gasteiger partial charge in [-0.05, 0) is 4.98 Å². The van der Waals surface area contributed by atoms with E-state index >= 15 is 0 Å². The Bertz CT molecular complexity index is 867. The van der Waals surface area contributed by atoms with E-state index in [1.807, 2.05) is 0 Å². The lowest BCUT2D eigenvalue weighted by atomic mass is 9.66. The molecule has 0 spiro atoms. The molecule has 1 fully saturated rings. The number of hydrogen-bond donors (Lipinski definition) is 0. The van der Waals surface area contributed by atoms with E-state index < -0.39 is 0 Å². The lowest BCUT2D eigenvalue weighted by Gasteiger charge is -2.37.